The number of hydrogen-bond donors (Lipinski definition) is 1. The van der Waals surface area contributed by atoms with E-state index in [2.05, 4.69) is 12.2 Å². The number of hydrogen-bond acceptors (Lipinski definition) is 3. The minimum Gasteiger partial charge on any atom is -0.466 e. The molecule has 0 aromatic heterocycles. The summed E-state index contributed by atoms with van der Waals surface area (Å²) in [5.41, 5.74) is 2.84. The van der Waals surface area contributed by atoms with Crippen molar-refractivity contribution in [2.45, 2.75) is 84.0 Å². The molecule has 0 saturated heterocycles. The van der Waals surface area contributed by atoms with Crippen LogP contribution in [0.1, 0.15) is 84.0 Å². The molecule has 1 N–H and O–H groups in total. The second kappa shape index (κ2) is 16.1. The number of esters is 1. The first-order valence-corrected chi connectivity index (χ1v) is 12.3. The van der Waals surface area contributed by atoms with Crippen LogP contribution in [0.5, 0.6) is 0 Å². The van der Waals surface area contributed by atoms with Gasteiger partial charge in [0.1, 0.15) is 0 Å². The van der Waals surface area contributed by atoms with E-state index < -0.39 is 0 Å². The van der Waals surface area contributed by atoms with Gasteiger partial charge >= 0.3 is 5.97 Å². The summed E-state index contributed by atoms with van der Waals surface area (Å²) in [7, 11) is 0. The van der Waals surface area contributed by atoms with Gasteiger partial charge in [-0.3, -0.25) is 9.59 Å². The summed E-state index contributed by atoms with van der Waals surface area (Å²) in [5.74, 6) is -0.290. The number of carbonyl (C=O) groups excluding carboxylic acids is 2. The van der Waals surface area contributed by atoms with E-state index in [0.717, 1.165) is 29.7 Å². The topological polar surface area (TPSA) is 55.4 Å². The van der Waals surface area contributed by atoms with Gasteiger partial charge < -0.3 is 10.1 Å². The van der Waals surface area contributed by atoms with Crippen LogP contribution in [0, 0.1) is 0 Å². The third-order valence-electron chi connectivity index (χ3n) is 5.58. The van der Waals surface area contributed by atoms with Gasteiger partial charge in [-0.1, -0.05) is 107 Å². The Morgan fingerprint density at radius 2 is 1.34 bits per heavy atom. The van der Waals surface area contributed by atoms with Crippen LogP contribution in [-0.2, 0) is 14.3 Å². The van der Waals surface area contributed by atoms with Crippen LogP contribution in [0.25, 0.3) is 11.1 Å². The van der Waals surface area contributed by atoms with Crippen LogP contribution < -0.4 is 5.32 Å². The first-order valence-electron chi connectivity index (χ1n) is 12.3. The predicted molar refractivity (Wildman–Crippen MR) is 133 cm³/mol. The first-order chi connectivity index (χ1) is 15.7. The third kappa shape index (κ3) is 10.6. The Kier molecular flexibility index (Phi) is 12.9. The zero-order valence-corrected chi connectivity index (χ0v) is 19.6. The molecule has 0 aliphatic heterocycles. The molecule has 174 valence electrons. The van der Waals surface area contributed by atoms with Crippen LogP contribution in [0.2, 0.25) is 0 Å². The van der Waals surface area contributed by atoms with Crippen LogP contribution in [0.15, 0.2) is 54.6 Å². The molecule has 0 aliphatic rings. The van der Waals surface area contributed by atoms with E-state index in [1.807, 2.05) is 54.6 Å². The van der Waals surface area contributed by atoms with Crippen molar-refractivity contribution < 1.29 is 14.3 Å². The summed E-state index contributed by atoms with van der Waals surface area (Å²) in [6.45, 7) is 2.73. The average Bonchev–Trinajstić information content (AvgIpc) is 2.81. The molecular formula is C28H39NO3. The van der Waals surface area contributed by atoms with Crippen molar-refractivity contribution in [2.24, 2.45) is 0 Å². The normalized spacial score (nSPS) is 10.7. The lowest BCUT2D eigenvalue weighted by Gasteiger charge is -2.11. The Balaban J connectivity index is 1.56. The van der Waals surface area contributed by atoms with Crippen molar-refractivity contribution in [1.29, 1.82) is 0 Å². The fraction of sp³-hybridized carbons (Fsp3) is 0.500. The number of rotatable bonds is 16. The van der Waals surface area contributed by atoms with Crippen LogP contribution in [0.4, 0.5) is 5.69 Å². The zero-order chi connectivity index (χ0) is 22.9. The quantitative estimate of drug-likeness (QED) is 0.218. The van der Waals surface area contributed by atoms with Crippen LogP contribution >= 0.6 is 0 Å². The van der Waals surface area contributed by atoms with Crippen molar-refractivity contribution in [2.75, 3.05) is 11.9 Å². The number of unbranched alkanes of at least 4 members (excludes halogenated alkanes) is 8. The van der Waals surface area contributed by atoms with E-state index in [1.54, 1.807) is 0 Å². The molecule has 0 spiro atoms. The maximum absolute atomic E-state index is 12.4. The minimum atomic E-state index is -0.206. The molecule has 0 saturated carbocycles. The molecule has 4 nitrogen and oxygen atoms in total. The van der Waals surface area contributed by atoms with E-state index in [9.17, 15) is 9.59 Å². The molecule has 32 heavy (non-hydrogen) atoms. The Labute approximate surface area is 193 Å². The summed E-state index contributed by atoms with van der Waals surface area (Å²) in [6, 6.07) is 17.7. The van der Waals surface area contributed by atoms with Gasteiger partial charge in [-0.15, -0.1) is 0 Å². The second-order valence-electron chi connectivity index (χ2n) is 8.36. The molecule has 1 amide bonds. The lowest BCUT2D eigenvalue weighted by molar-refractivity contribution is -0.143. The maximum Gasteiger partial charge on any atom is 0.305 e. The standard InChI is InChI=1S/C28H39NO3/c1-2-3-4-5-6-7-8-9-15-23-32-28(31)22-16-21-27(30)29-26-20-14-13-19-25(26)24-17-11-10-12-18-24/h10-14,17-20H,2-9,15-16,21-23H2,1H3,(H,29,30). The molecule has 0 heterocycles. The molecule has 0 aliphatic carbocycles. The molecule has 2 aromatic carbocycles. The van der Waals surface area contributed by atoms with Gasteiger partial charge in [-0.25, -0.2) is 0 Å². The molecular weight excluding hydrogens is 398 g/mol. The first kappa shape index (κ1) is 25.6. The Bertz CT molecular complexity index is 788. The number of para-hydroxylation sites is 1. The highest BCUT2D eigenvalue weighted by molar-refractivity contribution is 5.95. The van der Waals surface area contributed by atoms with Crippen molar-refractivity contribution in [3.8, 4) is 11.1 Å². The summed E-state index contributed by atoms with van der Waals surface area (Å²) >= 11 is 0. The zero-order valence-electron chi connectivity index (χ0n) is 19.6. The molecule has 2 rings (SSSR count). The SMILES string of the molecule is CCCCCCCCCCCOC(=O)CCCC(=O)Nc1ccccc1-c1ccccc1. The Hall–Kier alpha value is -2.62. The fourth-order valence-corrected chi connectivity index (χ4v) is 3.74. The van der Waals surface area contributed by atoms with Crippen molar-refractivity contribution in [3.05, 3.63) is 54.6 Å². The number of nitrogens with one attached hydrogen (secondary N) is 1. The van der Waals surface area contributed by atoms with Gasteiger partial charge in [-0.2, -0.15) is 0 Å². The maximum atomic E-state index is 12.4. The number of carbonyl (C=O) groups is 2. The van der Waals surface area contributed by atoms with Gasteiger partial charge in [0.25, 0.3) is 0 Å². The van der Waals surface area contributed by atoms with Gasteiger partial charge in [-0.05, 0) is 24.5 Å². The van der Waals surface area contributed by atoms with Gasteiger partial charge in [0, 0.05) is 24.1 Å². The summed E-state index contributed by atoms with van der Waals surface area (Å²) in [6.07, 6.45) is 12.3. The Morgan fingerprint density at radius 3 is 2.06 bits per heavy atom. The molecule has 0 unspecified atom stereocenters. The lowest BCUT2D eigenvalue weighted by Crippen LogP contribution is -2.13. The molecule has 0 fully saturated rings. The molecule has 0 bridgehead atoms. The number of amides is 1. The minimum absolute atomic E-state index is 0.0832. The van der Waals surface area contributed by atoms with E-state index in [0.29, 0.717) is 19.4 Å². The van der Waals surface area contributed by atoms with Gasteiger partial charge in [0.2, 0.25) is 5.91 Å². The molecule has 4 heteroatoms. The molecule has 2 aromatic rings. The number of ether oxygens (including phenoxy) is 1. The largest absolute Gasteiger partial charge is 0.466 e. The molecule has 0 atom stereocenters. The average molecular weight is 438 g/mol. The highest BCUT2D eigenvalue weighted by Gasteiger charge is 2.10. The smallest absolute Gasteiger partial charge is 0.305 e. The van der Waals surface area contributed by atoms with Crippen LogP contribution in [0.3, 0.4) is 0 Å². The fourth-order valence-electron chi connectivity index (χ4n) is 3.74. The summed E-state index contributed by atoms with van der Waals surface area (Å²) < 4.78 is 5.31. The van der Waals surface area contributed by atoms with Gasteiger partial charge in [0.05, 0.1) is 6.61 Å². The number of benzene rings is 2. The van der Waals surface area contributed by atoms with E-state index in [-0.39, 0.29) is 18.3 Å². The van der Waals surface area contributed by atoms with E-state index in [1.165, 1.54) is 44.9 Å². The second-order valence-corrected chi connectivity index (χ2v) is 8.36. The van der Waals surface area contributed by atoms with Crippen LogP contribution in [-0.4, -0.2) is 18.5 Å². The highest BCUT2D eigenvalue weighted by Crippen LogP contribution is 2.27. The van der Waals surface area contributed by atoms with E-state index >= 15 is 0 Å². The van der Waals surface area contributed by atoms with Gasteiger partial charge in [0.15, 0.2) is 0 Å². The summed E-state index contributed by atoms with van der Waals surface area (Å²) in [4.78, 5) is 24.3. The van der Waals surface area contributed by atoms with Crippen molar-refractivity contribution >= 4 is 17.6 Å². The summed E-state index contributed by atoms with van der Waals surface area (Å²) in [5, 5.41) is 2.98. The van der Waals surface area contributed by atoms with Crippen molar-refractivity contribution in [1.82, 2.24) is 0 Å². The van der Waals surface area contributed by atoms with E-state index in [4.69, 9.17) is 4.74 Å². The monoisotopic (exact) mass is 437 g/mol. The van der Waals surface area contributed by atoms with Crippen molar-refractivity contribution in [3.63, 3.8) is 0 Å². The lowest BCUT2D eigenvalue weighted by atomic mass is 10.0. The molecule has 0 radical (unpaired) electrons. The third-order valence-corrected chi connectivity index (χ3v) is 5.58. The highest BCUT2D eigenvalue weighted by atomic mass is 16.5. The predicted octanol–water partition coefficient (Wildman–Crippen LogP) is 7.54. The number of anilines is 1. The Morgan fingerprint density at radius 1 is 0.719 bits per heavy atom.